The number of aryl methyl sites for hydroxylation is 1. The maximum Gasteiger partial charge on any atom is 0.143 e. The van der Waals surface area contributed by atoms with Gasteiger partial charge in [-0.05, 0) is 41.1 Å². The summed E-state index contributed by atoms with van der Waals surface area (Å²) >= 11 is 2.29. The van der Waals surface area contributed by atoms with Gasteiger partial charge in [0.25, 0.3) is 0 Å². The highest BCUT2D eigenvalue weighted by Crippen LogP contribution is 2.20. The molecule has 6 heteroatoms. The molecule has 3 rings (SSSR count). The summed E-state index contributed by atoms with van der Waals surface area (Å²) < 4.78 is 1.09. The van der Waals surface area contributed by atoms with Crippen LogP contribution >= 0.6 is 22.6 Å². The smallest absolute Gasteiger partial charge is 0.143 e. The average molecular weight is 393 g/mol. The van der Waals surface area contributed by atoms with E-state index in [1.165, 1.54) is 0 Å². The zero-order chi connectivity index (χ0) is 14.8. The van der Waals surface area contributed by atoms with Crippen LogP contribution in [-0.4, -0.2) is 27.0 Å². The molecule has 0 amide bonds. The highest BCUT2D eigenvalue weighted by Gasteiger charge is 2.12. The lowest BCUT2D eigenvalue weighted by atomic mass is 10.3. The van der Waals surface area contributed by atoms with Crippen LogP contribution in [0.2, 0.25) is 0 Å². The Morgan fingerprint density at radius 2 is 2.00 bits per heavy atom. The summed E-state index contributed by atoms with van der Waals surface area (Å²) in [4.78, 5) is 17.1. The van der Waals surface area contributed by atoms with Gasteiger partial charge in [-0.15, -0.1) is 0 Å². The van der Waals surface area contributed by atoms with Gasteiger partial charge in [0.15, 0.2) is 0 Å². The standard InChI is InChI=1S/C15H16IN5/c1-3-9-14(16)15(17-2)21-13(18-9)8-12-19-10-6-4-5-7-11(10)20-12/h4-7H,3,8H2,1-2H3,(H,19,20)(H,17,18,21). The van der Waals surface area contributed by atoms with Gasteiger partial charge in [-0.3, -0.25) is 0 Å². The van der Waals surface area contributed by atoms with E-state index in [0.29, 0.717) is 6.42 Å². The summed E-state index contributed by atoms with van der Waals surface area (Å²) in [6, 6.07) is 8.01. The number of rotatable bonds is 4. The van der Waals surface area contributed by atoms with E-state index in [1.807, 2.05) is 31.3 Å². The quantitative estimate of drug-likeness (QED) is 0.669. The van der Waals surface area contributed by atoms with Crippen molar-refractivity contribution < 1.29 is 0 Å². The number of H-pyrrole nitrogens is 1. The monoisotopic (exact) mass is 393 g/mol. The topological polar surface area (TPSA) is 66.5 Å². The van der Waals surface area contributed by atoms with Gasteiger partial charge in [-0.25, -0.2) is 15.0 Å². The Morgan fingerprint density at radius 3 is 2.71 bits per heavy atom. The first-order valence-electron chi connectivity index (χ1n) is 6.88. The lowest BCUT2D eigenvalue weighted by Gasteiger charge is -2.09. The number of nitrogens with zero attached hydrogens (tertiary/aromatic N) is 3. The molecule has 2 N–H and O–H groups in total. The Morgan fingerprint density at radius 1 is 1.19 bits per heavy atom. The molecule has 0 aliphatic rings. The number of halogens is 1. The molecule has 0 saturated heterocycles. The van der Waals surface area contributed by atoms with Gasteiger partial charge in [-0.1, -0.05) is 19.1 Å². The Bertz CT molecular complexity index is 723. The summed E-state index contributed by atoms with van der Waals surface area (Å²) in [6.07, 6.45) is 1.50. The lowest BCUT2D eigenvalue weighted by Crippen LogP contribution is -2.08. The largest absolute Gasteiger partial charge is 0.372 e. The Kier molecular flexibility index (Phi) is 4.05. The van der Waals surface area contributed by atoms with Gasteiger partial charge in [0, 0.05) is 7.05 Å². The van der Waals surface area contributed by atoms with Crippen LogP contribution < -0.4 is 5.32 Å². The number of aromatic nitrogens is 4. The summed E-state index contributed by atoms with van der Waals surface area (Å²) in [5.41, 5.74) is 3.09. The predicted octanol–water partition coefficient (Wildman–Crippen LogP) is 3.15. The third kappa shape index (κ3) is 2.85. The molecule has 0 atom stereocenters. The van der Waals surface area contributed by atoms with Crippen LogP contribution in [-0.2, 0) is 12.8 Å². The normalized spacial score (nSPS) is 11.0. The summed E-state index contributed by atoms with van der Waals surface area (Å²) in [5.74, 6) is 2.56. The van der Waals surface area contributed by atoms with Crippen LogP contribution in [0.1, 0.15) is 24.3 Å². The van der Waals surface area contributed by atoms with E-state index in [0.717, 1.165) is 44.2 Å². The molecule has 2 heterocycles. The van der Waals surface area contributed by atoms with Crippen molar-refractivity contribution in [3.05, 3.63) is 45.2 Å². The molecule has 5 nitrogen and oxygen atoms in total. The second-order valence-electron chi connectivity index (χ2n) is 4.73. The van der Waals surface area contributed by atoms with Gasteiger partial charge in [-0.2, -0.15) is 0 Å². The molecule has 1 aromatic carbocycles. The minimum absolute atomic E-state index is 0.604. The van der Waals surface area contributed by atoms with Crippen LogP contribution in [0.5, 0.6) is 0 Å². The number of para-hydroxylation sites is 2. The van der Waals surface area contributed by atoms with E-state index in [9.17, 15) is 0 Å². The second kappa shape index (κ2) is 5.97. The molecule has 0 saturated carbocycles. The Labute approximate surface area is 136 Å². The molecule has 0 aliphatic carbocycles. The van der Waals surface area contributed by atoms with E-state index in [1.54, 1.807) is 0 Å². The minimum atomic E-state index is 0.604. The van der Waals surface area contributed by atoms with Gasteiger partial charge >= 0.3 is 0 Å². The number of aromatic amines is 1. The van der Waals surface area contributed by atoms with E-state index in [4.69, 9.17) is 0 Å². The van der Waals surface area contributed by atoms with Crippen molar-refractivity contribution in [2.45, 2.75) is 19.8 Å². The molecular formula is C15H16IN5. The van der Waals surface area contributed by atoms with Crippen LogP contribution in [0.25, 0.3) is 11.0 Å². The van der Waals surface area contributed by atoms with Gasteiger partial charge in [0.1, 0.15) is 17.5 Å². The van der Waals surface area contributed by atoms with E-state index < -0.39 is 0 Å². The lowest BCUT2D eigenvalue weighted by molar-refractivity contribution is 0.871. The van der Waals surface area contributed by atoms with Crippen LogP contribution in [0.4, 0.5) is 5.82 Å². The van der Waals surface area contributed by atoms with Crippen LogP contribution in [0.3, 0.4) is 0 Å². The van der Waals surface area contributed by atoms with Crippen molar-refractivity contribution in [1.29, 1.82) is 0 Å². The highest BCUT2D eigenvalue weighted by molar-refractivity contribution is 14.1. The Balaban J connectivity index is 1.97. The van der Waals surface area contributed by atoms with Gasteiger partial charge in [0.05, 0.1) is 26.7 Å². The molecule has 0 fully saturated rings. The van der Waals surface area contributed by atoms with Crippen LogP contribution in [0.15, 0.2) is 24.3 Å². The molecule has 0 bridgehead atoms. The molecule has 21 heavy (non-hydrogen) atoms. The van der Waals surface area contributed by atoms with Crippen molar-refractivity contribution in [3.63, 3.8) is 0 Å². The molecule has 3 aromatic rings. The summed E-state index contributed by atoms with van der Waals surface area (Å²) in [6.45, 7) is 2.11. The van der Waals surface area contributed by atoms with Gasteiger partial charge in [0.2, 0.25) is 0 Å². The fourth-order valence-corrected chi connectivity index (χ4v) is 3.16. The number of fused-ring (bicyclic) bond motifs is 1. The number of hydrogen-bond donors (Lipinski definition) is 2. The first kappa shape index (κ1) is 14.2. The van der Waals surface area contributed by atoms with Gasteiger partial charge < -0.3 is 10.3 Å². The number of benzene rings is 1. The molecule has 0 radical (unpaired) electrons. The molecule has 0 unspecified atom stereocenters. The fourth-order valence-electron chi connectivity index (χ4n) is 2.26. The van der Waals surface area contributed by atoms with Crippen molar-refractivity contribution in [2.75, 3.05) is 12.4 Å². The highest BCUT2D eigenvalue weighted by atomic mass is 127. The maximum atomic E-state index is 4.65. The zero-order valence-corrected chi connectivity index (χ0v) is 14.1. The SMILES string of the molecule is CCc1nc(Cc2nc3ccccc3[nH]2)nc(NC)c1I. The molecule has 0 aliphatic heterocycles. The second-order valence-corrected chi connectivity index (χ2v) is 5.81. The average Bonchev–Trinajstić information content (AvgIpc) is 2.90. The fraction of sp³-hybridized carbons (Fsp3) is 0.267. The minimum Gasteiger partial charge on any atom is -0.372 e. The first-order chi connectivity index (χ1) is 10.2. The van der Waals surface area contributed by atoms with E-state index >= 15 is 0 Å². The number of nitrogens with one attached hydrogen (secondary N) is 2. The maximum absolute atomic E-state index is 4.65. The predicted molar refractivity (Wildman–Crippen MR) is 92.6 cm³/mol. The number of imidazole rings is 1. The summed E-state index contributed by atoms with van der Waals surface area (Å²) in [7, 11) is 1.88. The molecule has 2 aromatic heterocycles. The van der Waals surface area contributed by atoms with E-state index in [2.05, 4.69) is 54.8 Å². The zero-order valence-electron chi connectivity index (χ0n) is 11.9. The van der Waals surface area contributed by atoms with Crippen molar-refractivity contribution >= 4 is 39.4 Å². The molecule has 108 valence electrons. The number of anilines is 1. The van der Waals surface area contributed by atoms with Crippen molar-refractivity contribution in [3.8, 4) is 0 Å². The molecule has 0 spiro atoms. The number of hydrogen-bond acceptors (Lipinski definition) is 4. The van der Waals surface area contributed by atoms with E-state index in [-0.39, 0.29) is 0 Å². The third-order valence-electron chi connectivity index (χ3n) is 3.30. The van der Waals surface area contributed by atoms with Crippen molar-refractivity contribution in [2.24, 2.45) is 0 Å². The third-order valence-corrected chi connectivity index (χ3v) is 4.44. The van der Waals surface area contributed by atoms with Crippen LogP contribution in [0, 0.1) is 3.57 Å². The molecular weight excluding hydrogens is 377 g/mol. The Hall–Kier alpha value is -1.70. The first-order valence-corrected chi connectivity index (χ1v) is 7.95. The summed E-state index contributed by atoms with van der Waals surface area (Å²) in [5, 5.41) is 3.13. The van der Waals surface area contributed by atoms with Crippen molar-refractivity contribution in [1.82, 2.24) is 19.9 Å².